The van der Waals surface area contributed by atoms with Crippen LogP contribution in [-0.2, 0) is 20.7 Å². The number of aryl methyl sites for hydroxylation is 1. The van der Waals surface area contributed by atoms with Crippen molar-refractivity contribution in [2.24, 2.45) is 0 Å². The summed E-state index contributed by atoms with van der Waals surface area (Å²) in [7, 11) is 0. The van der Waals surface area contributed by atoms with Crippen LogP contribution in [0.3, 0.4) is 0 Å². The first kappa shape index (κ1) is 19.6. The number of esters is 1. The Kier molecular flexibility index (Phi) is 7.76. The minimum atomic E-state index is -0.395. The number of hydrogen-bond donors (Lipinski definition) is 2. The fourth-order valence-corrected chi connectivity index (χ4v) is 2.44. The number of amides is 1. The van der Waals surface area contributed by atoms with Crippen LogP contribution in [0.1, 0.15) is 24.0 Å². The predicted molar refractivity (Wildman–Crippen MR) is 106 cm³/mol. The minimum absolute atomic E-state index is 0.0216. The van der Waals surface area contributed by atoms with E-state index in [1.165, 1.54) is 0 Å². The third kappa shape index (κ3) is 7.44. The lowest BCUT2D eigenvalue weighted by atomic mass is 10.2. The molecule has 0 aliphatic rings. The van der Waals surface area contributed by atoms with Crippen molar-refractivity contribution in [3.63, 3.8) is 0 Å². The van der Waals surface area contributed by atoms with E-state index in [2.05, 4.69) is 10.6 Å². The number of benzene rings is 2. The van der Waals surface area contributed by atoms with Gasteiger partial charge in [-0.05, 0) is 36.8 Å². The van der Waals surface area contributed by atoms with Gasteiger partial charge in [0, 0.05) is 18.5 Å². The maximum Gasteiger partial charge on any atom is 0.306 e. The first-order valence-corrected chi connectivity index (χ1v) is 8.81. The molecule has 0 unspecified atom stereocenters. The van der Waals surface area contributed by atoms with E-state index in [0.29, 0.717) is 13.0 Å². The van der Waals surface area contributed by atoms with Gasteiger partial charge in [0.2, 0.25) is 5.91 Å². The minimum Gasteiger partial charge on any atom is -0.465 e. The van der Waals surface area contributed by atoms with Gasteiger partial charge in [-0.15, -0.1) is 0 Å². The van der Waals surface area contributed by atoms with Gasteiger partial charge in [0.05, 0.1) is 13.0 Å². The molecule has 0 aliphatic carbocycles. The van der Waals surface area contributed by atoms with Gasteiger partial charge < -0.3 is 15.4 Å². The Bertz CT molecular complexity index is 745. The van der Waals surface area contributed by atoms with Crippen LogP contribution >= 0.6 is 12.2 Å². The van der Waals surface area contributed by atoms with Gasteiger partial charge in [0.15, 0.2) is 5.11 Å². The number of ether oxygens (including phenoxy) is 1. The molecular formula is C20H22N2O3S. The van der Waals surface area contributed by atoms with Crippen molar-refractivity contribution < 1.29 is 14.3 Å². The lowest BCUT2D eigenvalue weighted by molar-refractivity contribution is -0.144. The molecule has 2 N–H and O–H groups in total. The van der Waals surface area contributed by atoms with Crippen LogP contribution in [0.5, 0.6) is 0 Å². The molecule has 2 rings (SSSR count). The SMILES string of the molecule is Cc1ccc(NC(=S)NC(=O)CCC(=O)OCCc2ccccc2)cc1. The Morgan fingerprint density at radius 3 is 2.38 bits per heavy atom. The van der Waals surface area contributed by atoms with E-state index in [0.717, 1.165) is 16.8 Å². The molecule has 0 saturated heterocycles. The molecule has 2 aromatic carbocycles. The fourth-order valence-electron chi connectivity index (χ4n) is 2.20. The topological polar surface area (TPSA) is 67.4 Å². The molecule has 5 nitrogen and oxygen atoms in total. The summed E-state index contributed by atoms with van der Waals surface area (Å²) < 4.78 is 5.14. The molecule has 26 heavy (non-hydrogen) atoms. The van der Waals surface area contributed by atoms with Crippen LogP contribution in [0.15, 0.2) is 54.6 Å². The fraction of sp³-hybridized carbons (Fsp3) is 0.250. The maximum atomic E-state index is 11.9. The quantitative estimate of drug-likeness (QED) is 0.578. The van der Waals surface area contributed by atoms with Gasteiger partial charge in [0.25, 0.3) is 0 Å². The molecule has 0 spiro atoms. The molecule has 136 valence electrons. The van der Waals surface area contributed by atoms with Crippen molar-refractivity contribution in [1.82, 2.24) is 5.32 Å². The monoisotopic (exact) mass is 370 g/mol. The van der Waals surface area contributed by atoms with E-state index in [9.17, 15) is 9.59 Å². The van der Waals surface area contributed by atoms with Crippen LogP contribution in [0.4, 0.5) is 5.69 Å². The summed E-state index contributed by atoms with van der Waals surface area (Å²) in [6.07, 6.45) is 0.705. The maximum absolute atomic E-state index is 11.9. The Morgan fingerprint density at radius 2 is 1.69 bits per heavy atom. The highest BCUT2D eigenvalue weighted by Crippen LogP contribution is 2.08. The van der Waals surface area contributed by atoms with Crippen LogP contribution in [0, 0.1) is 6.92 Å². The van der Waals surface area contributed by atoms with Gasteiger partial charge in [-0.25, -0.2) is 0 Å². The average Bonchev–Trinajstić information content (AvgIpc) is 2.63. The zero-order valence-electron chi connectivity index (χ0n) is 14.7. The van der Waals surface area contributed by atoms with Gasteiger partial charge in [-0.2, -0.15) is 0 Å². The van der Waals surface area contributed by atoms with Crippen molar-refractivity contribution >= 4 is 34.9 Å². The number of thiocarbonyl (C=S) groups is 1. The highest BCUT2D eigenvalue weighted by Gasteiger charge is 2.09. The second-order valence-electron chi connectivity index (χ2n) is 5.82. The largest absolute Gasteiger partial charge is 0.465 e. The van der Waals surface area contributed by atoms with Crippen LogP contribution < -0.4 is 10.6 Å². The molecule has 0 heterocycles. The summed E-state index contributed by atoms with van der Waals surface area (Å²) in [6, 6.07) is 17.4. The number of nitrogens with one attached hydrogen (secondary N) is 2. The molecule has 0 radical (unpaired) electrons. The Labute approximate surface area is 158 Å². The number of carbonyl (C=O) groups is 2. The summed E-state index contributed by atoms with van der Waals surface area (Å²) >= 11 is 5.09. The first-order valence-electron chi connectivity index (χ1n) is 8.40. The number of anilines is 1. The number of rotatable bonds is 7. The van der Waals surface area contributed by atoms with Crippen LogP contribution in [0.2, 0.25) is 0 Å². The van der Waals surface area contributed by atoms with Gasteiger partial charge >= 0.3 is 5.97 Å². The second kappa shape index (κ2) is 10.3. The standard InChI is InChI=1S/C20H22N2O3S/c1-15-7-9-17(10-8-15)21-20(26)22-18(23)11-12-19(24)25-14-13-16-5-3-2-4-6-16/h2-10H,11-14H2,1H3,(H2,21,22,23,26). The van der Waals surface area contributed by atoms with Crippen molar-refractivity contribution in [1.29, 1.82) is 0 Å². The highest BCUT2D eigenvalue weighted by molar-refractivity contribution is 7.80. The molecule has 0 atom stereocenters. The normalized spacial score (nSPS) is 10.0. The molecule has 2 aromatic rings. The second-order valence-corrected chi connectivity index (χ2v) is 6.23. The molecule has 0 bridgehead atoms. The van der Waals surface area contributed by atoms with Crippen molar-refractivity contribution in [2.45, 2.75) is 26.2 Å². The first-order chi connectivity index (χ1) is 12.5. The van der Waals surface area contributed by atoms with Crippen molar-refractivity contribution in [3.8, 4) is 0 Å². The number of carbonyl (C=O) groups excluding carboxylic acids is 2. The average molecular weight is 370 g/mol. The van der Waals surface area contributed by atoms with Gasteiger partial charge in [0.1, 0.15) is 0 Å². The third-order valence-electron chi connectivity index (χ3n) is 3.62. The smallest absolute Gasteiger partial charge is 0.306 e. The molecule has 6 heteroatoms. The van der Waals surface area contributed by atoms with E-state index >= 15 is 0 Å². The Morgan fingerprint density at radius 1 is 1.00 bits per heavy atom. The van der Waals surface area contributed by atoms with E-state index in [-0.39, 0.29) is 23.9 Å². The van der Waals surface area contributed by atoms with Crippen molar-refractivity contribution in [2.75, 3.05) is 11.9 Å². The summed E-state index contributed by atoms with van der Waals surface area (Å²) in [6.45, 7) is 2.29. The lowest BCUT2D eigenvalue weighted by Crippen LogP contribution is -2.34. The summed E-state index contributed by atoms with van der Waals surface area (Å²) in [5.74, 6) is -0.719. The zero-order valence-corrected chi connectivity index (χ0v) is 15.5. The predicted octanol–water partition coefficient (Wildman–Crippen LogP) is 3.37. The van der Waals surface area contributed by atoms with Crippen LogP contribution in [-0.4, -0.2) is 23.6 Å². The zero-order chi connectivity index (χ0) is 18.8. The summed E-state index contributed by atoms with van der Waals surface area (Å²) in [5, 5.41) is 5.68. The van der Waals surface area contributed by atoms with Crippen LogP contribution in [0.25, 0.3) is 0 Å². The van der Waals surface area contributed by atoms with E-state index in [4.69, 9.17) is 17.0 Å². The molecule has 0 aromatic heterocycles. The lowest BCUT2D eigenvalue weighted by Gasteiger charge is -2.10. The van der Waals surface area contributed by atoms with E-state index in [1.807, 2.05) is 61.5 Å². The molecular weight excluding hydrogens is 348 g/mol. The molecule has 0 fully saturated rings. The summed E-state index contributed by atoms with van der Waals surface area (Å²) in [5.41, 5.74) is 3.03. The molecule has 0 aliphatic heterocycles. The Balaban J connectivity index is 1.62. The number of hydrogen-bond acceptors (Lipinski definition) is 4. The van der Waals surface area contributed by atoms with E-state index in [1.54, 1.807) is 0 Å². The third-order valence-corrected chi connectivity index (χ3v) is 3.82. The van der Waals surface area contributed by atoms with Gasteiger partial charge in [-0.1, -0.05) is 48.0 Å². The molecule has 1 amide bonds. The molecule has 0 saturated carbocycles. The summed E-state index contributed by atoms with van der Waals surface area (Å²) in [4.78, 5) is 23.5. The Hall–Kier alpha value is -2.73. The van der Waals surface area contributed by atoms with Gasteiger partial charge in [-0.3, -0.25) is 9.59 Å². The highest BCUT2D eigenvalue weighted by atomic mass is 32.1. The van der Waals surface area contributed by atoms with Crippen molar-refractivity contribution in [3.05, 3.63) is 65.7 Å². The van der Waals surface area contributed by atoms with E-state index < -0.39 is 5.97 Å².